The maximum atomic E-state index is 12.5. The van der Waals surface area contributed by atoms with Crippen LogP contribution in [0.4, 0.5) is 5.69 Å². The molecule has 0 saturated heterocycles. The van der Waals surface area contributed by atoms with Gasteiger partial charge in [-0.2, -0.15) is 0 Å². The van der Waals surface area contributed by atoms with Crippen LogP contribution in [-0.2, 0) is 9.47 Å². The molecular formula is C15H24N2O3. The quantitative estimate of drug-likeness (QED) is 0.581. The molecular weight excluding hydrogens is 256 g/mol. The Balaban J connectivity index is 2.79. The van der Waals surface area contributed by atoms with E-state index in [4.69, 9.17) is 15.2 Å². The van der Waals surface area contributed by atoms with E-state index in [9.17, 15) is 4.79 Å². The van der Waals surface area contributed by atoms with Gasteiger partial charge in [-0.1, -0.05) is 0 Å². The Kier molecular flexibility index (Phi) is 7.04. The van der Waals surface area contributed by atoms with Crippen molar-refractivity contribution in [2.75, 3.05) is 46.3 Å². The molecule has 0 aliphatic carbocycles. The highest BCUT2D eigenvalue weighted by molar-refractivity contribution is 5.95. The third-order valence-corrected chi connectivity index (χ3v) is 2.98. The molecule has 0 unspecified atom stereocenters. The van der Waals surface area contributed by atoms with E-state index in [0.717, 1.165) is 12.0 Å². The predicted octanol–water partition coefficient (Wildman–Crippen LogP) is 1.70. The molecule has 5 heteroatoms. The lowest BCUT2D eigenvalue weighted by molar-refractivity contribution is 0.0674. The minimum absolute atomic E-state index is 0.0199. The molecule has 1 amide bonds. The fraction of sp³-hybridized carbons (Fsp3) is 0.533. The van der Waals surface area contributed by atoms with Gasteiger partial charge in [0.05, 0.1) is 6.61 Å². The number of aryl methyl sites for hydroxylation is 1. The van der Waals surface area contributed by atoms with Crippen molar-refractivity contribution in [3.63, 3.8) is 0 Å². The maximum absolute atomic E-state index is 12.5. The number of hydrogen-bond donors (Lipinski definition) is 1. The summed E-state index contributed by atoms with van der Waals surface area (Å²) in [6.07, 6.45) is 0.799. The molecule has 5 nitrogen and oxygen atoms in total. The van der Waals surface area contributed by atoms with Crippen LogP contribution >= 0.6 is 0 Å². The lowest BCUT2D eigenvalue weighted by Crippen LogP contribution is -2.35. The summed E-state index contributed by atoms with van der Waals surface area (Å²) in [7, 11) is 3.28. The van der Waals surface area contributed by atoms with Gasteiger partial charge in [-0.3, -0.25) is 4.79 Å². The van der Waals surface area contributed by atoms with Crippen LogP contribution in [0.15, 0.2) is 18.2 Å². The monoisotopic (exact) mass is 280 g/mol. The summed E-state index contributed by atoms with van der Waals surface area (Å²) in [5, 5.41) is 0. The van der Waals surface area contributed by atoms with Crippen molar-refractivity contribution in [3.8, 4) is 0 Å². The Morgan fingerprint density at radius 2 is 1.85 bits per heavy atom. The van der Waals surface area contributed by atoms with Crippen molar-refractivity contribution in [3.05, 3.63) is 29.3 Å². The zero-order valence-electron chi connectivity index (χ0n) is 12.5. The van der Waals surface area contributed by atoms with Gasteiger partial charge in [0.1, 0.15) is 0 Å². The van der Waals surface area contributed by atoms with Crippen molar-refractivity contribution in [2.24, 2.45) is 0 Å². The van der Waals surface area contributed by atoms with E-state index in [-0.39, 0.29) is 5.91 Å². The second kappa shape index (κ2) is 8.55. The number of nitrogens with two attached hydrogens (primary N) is 1. The number of rotatable bonds is 8. The molecule has 0 bridgehead atoms. The molecule has 0 saturated carbocycles. The standard InChI is InChI=1S/C15H24N2O3/c1-12-9-13(11-14(16)10-12)15(18)17(6-8-20-3)5-4-7-19-2/h9-11H,4-8,16H2,1-3H3. The van der Waals surface area contributed by atoms with Crippen LogP contribution in [0.1, 0.15) is 22.3 Å². The molecule has 1 aromatic rings. The van der Waals surface area contributed by atoms with Gasteiger partial charge in [-0.05, 0) is 37.1 Å². The van der Waals surface area contributed by atoms with Gasteiger partial charge in [-0.15, -0.1) is 0 Å². The number of carbonyl (C=O) groups excluding carboxylic acids is 1. The lowest BCUT2D eigenvalue weighted by Gasteiger charge is -2.22. The van der Waals surface area contributed by atoms with E-state index >= 15 is 0 Å². The van der Waals surface area contributed by atoms with E-state index in [0.29, 0.717) is 37.6 Å². The maximum Gasteiger partial charge on any atom is 0.254 e. The lowest BCUT2D eigenvalue weighted by atomic mass is 10.1. The summed E-state index contributed by atoms with van der Waals surface area (Å²) < 4.78 is 10.1. The molecule has 0 heterocycles. The number of anilines is 1. The molecule has 0 fully saturated rings. The van der Waals surface area contributed by atoms with Crippen LogP contribution in [0.3, 0.4) is 0 Å². The Morgan fingerprint density at radius 3 is 2.45 bits per heavy atom. The van der Waals surface area contributed by atoms with Crippen LogP contribution in [0.2, 0.25) is 0 Å². The highest BCUT2D eigenvalue weighted by atomic mass is 16.5. The number of ether oxygens (including phenoxy) is 2. The van der Waals surface area contributed by atoms with Crippen LogP contribution in [0.25, 0.3) is 0 Å². The van der Waals surface area contributed by atoms with Crippen molar-refractivity contribution < 1.29 is 14.3 Å². The Bertz CT molecular complexity index is 415. The Morgan fingerprint density at radius 1 is 1.15 bits per heavy atom. The van der Waals surface area contributed by atoms with E-state index in [2.05, 4.69) is 0 Å². The number of methoxy groups -OCH3 is 2. The Labute approximate surface area is 120 Å². The summed E-state index contributed by atoms with van der Waals surface area (Å²) in [5.74, 6) is -0.0199. The van der Waals surface area contributed by atoms with Gasteiger partial charge in [-0.25, -0.2) is 0 Å². The van der Waals surface area contributed by atoms with E-state index in [1.807, 2.05) is 19.1 Å². The molecule has 2 N–H and O–H groups in total. The summed E-state index contributed by atoms with van der Waals surface area (Å²) in [6, 6.07) is 5.42. The second-order valence-corrected chi connectivity index (χ2v) is 4.76. The average Bonchev–Trinajstić information content (AvgIpc) is 2.41. The van der Waals surface area contributed by atoms with Gasteiger partial charge in [0.15, 0.2) is 0 Å². The first-order valence-corrected chi connectivity index (χ1v) is 6.72. The smallest absolute Gasteiger partial charge is 0.254 e. The summed E-state index contributed by atoms with van der Waals surface area (Å²) in [6.45, 7) is 4.28. The van der Waals surface area contributed by atoms with Crippen LogP contribution < -0.4 is 5.73 Å². The molecule has 0 spiro atoms. The number of nitrogens with zero attached hydrogens (tertiary/aromatic N) is 1. The normalized spacial score (nSPS) is 10.6. The fourth-order valence-electron chi connectivity index (χ4n) is 2.03. The molecule has 112 valence electrons. The highest BCUT2D eigenvalue weighted by Crippen LogP contribution is 2.13. The Hall–Kier alpha value is -1.59. The summed E-state index contributed by atoms with van der Waals surface area (Å²) in [4.78, 5) is 14.3. The molecule has 0 radical (unpaired) electrons. The van der Waals surface area contributed by atoms with Crippen molar-refractivity contribution in [1.29, 1.82) is 0 Å². The number of nitrogen functional groups attached to an aromatic ring is 1. The molecule has 0 aliphatic rings. The topological polar surface area (TPSA) is 64.8 Å². The largest absolute Gasteiger partial charge is 0.399 e. The summed E-state index contributed by atoms with van der Waals surface area (Å²) >= 11 is 0. The fourth-order valence-corrected chi connectivity index (χ4v) is 2.03. The molecule has 0 aliphatic heterocycles. The van der Waals surface area contributed by atoms with Gasteiger partial charge >= 0.3 is 0 Å². The summed E-state index contributed by atoms with van der Waals surface area (Å²) in [5.41, 5.74) is 8.02. The molecule has 0 aromatic heterocycles. The second-order valence-electron chi connectivity index (χ2n) is 4.76. The minimum atomic E-state index is -0.0199. The molecule has 20 heavy (non-hydrogen) atoms. The van der Waals surface area contributed by atoms with Crippen molar-refractivity contribution in [1.82, 2.24) is 4.90 Å². The predicted molar refractivity (Wildman–Crippen MR) is 79.9 cm³/mol. The third kappa shape index (κ3) is 5.19. The van der Waals surface area contributed by atoms with Gasteiger partial charge in [0.25, 0.3) is 5.91 Å². The number of carbonyl (C=O) groups is 1. The zero-order chi connectivity index (χ0) is 15.0. The first-order valence-electron chi connectivity index (χ1n) is 6.72. The highest BCUT2D eigenvalue weighted by Gasteiger charge is 2.16. The van der Waals surface area contributed by atoms with Gasteiger partial charge < -0.3 is 20.1 Å². The first kappa shape index (κ1) is 16.5. The molecule has 1 rings (SSSR count). The SMILES string of the molecule is COCCCN(CCOC)C(=O)c1cc(C)cc(N)c1. The first-order chi connectivity index (χ1) is 9.58. The van der Waals surface area contributed by atoms with Gasteiger partial charge in [0.2, 0.25) is 0 Å². The molecule has 1 aromatic carbocycles. The zero-order valence-corrected chi connectivity index (χ0v) is 12.5. The van der Waals surface area contributed by atoms with E-state index in [1.54, 1.807) is 25.2 Å². The van der Waals surface area contributed by atoms with Crippen molar-refractivity contribution in [2.45, 2.75) is 13.3 Å². The van der Waals surface area contributed by atoms with Crippen molar-refractivity contribution >= 4 is 11.6 Å². The minimum Gasteiger partial charge on any atom is -0.399 e. The molecule has 0 atom stereocenters. The van der Waals surface area contributed by atoms with Crippen LogP contribution in [0.5, 0.6) is 0 Å². The number of hydrogen-bond acceptors (Lipinski definition) is 4. The average molecular weight is 280 g/mol. The van der Waals surface area contributed by atoms with Gasteiger partial charge in [0, 0.05) is 45.2 Å². The van der Waals surface area contributed by atoms with E-state index in [1.165, 1.54) is 0 Å². The van der Waals surface area contributed by atoms with Crippen LogP contribution in [-0.4, -0.2) is 51.3 Å². The number of benzene rings is 1. The van der Waals surface area contributed by atoms with Crippen LogP contribution in [0, 0.1) is 6.92 Å². The number of amides is 1. The van der Waals surface area contributed by atoms with E-state index < -0.39 is 0 Å². The third-order valence-electron chi connectivity index (χ3n) is 2.98.